The summed E-state index contributed by atoms with van der Waals surface area (Å²) in [4.78, 5) is 16.6. The quantitative estimate of drug-likeness (QED) is 0.410. The largest absolute Gasteiger partial charge is 0.352 e. The Kier molecular flexibility index (Phi) is 8.01. The van der Waals surface area contributed by atoms with Crippen LogP contribution in [0.2, 0.25) is 0 Å². The molecule has 1 saturated heterocycles. The van der Waals surface area contributed by atoms with Crippen LogP contribution in [-0.2, 0) is 4.79 Å². The third-order valence-corrected chi connectivity index (χ3v) is 3.52. The summed E-state index contributed by atoms with van der Waals surface area (Å²) in [6.07, 6.45) is 7.90. The normalized spacial score (nSPS) is 16.6. The lowest BCUT2D eigenvalue weighted by molar-refractivity contribution is -0.117. The van der Waals surface area contributed by atoms with Crippen LogP contribution in [0.1, 0.15) is 26.2 Å². The maximum absolute atomic E-state index is 11.8. The first-order chi connectivity index (χ1) is 9.67. The van der Waals surface area contributed by atoms with Crippen LogP contribution in [0.15, 0.2) is 12.2 Å². The van der Waals surface area contributed by atoms with E-state index in [0.717, 1.165) is 32.6 Å². The minimum Gasteiger partial charge on any atom is -0.352 e. The van der Waals surface area contributed by atoms with Crippen molar-refractivity contribution >= 4 is 5.91 Å². The molecule has 112 valence electrons. The number of nitrogens with one attached hydrogen (secondary N) is 1. The van der Waals surface area contributed by atoms with Crippen molar-refractivity contribution in [3.63, 3.8) is 0 Å². The molecule has 0 spiro atoms. The van der Waals surface area contributed by atoms with Gasteiger partial charge in [-0.05, 0) is 19.4 Å². The summed E-state index contributed by atoms with van der Waals surface area (Å²) in [6.45, 7) is 12.8. The molecular weight excluding hydrogens is 250 g/mol. The van der Waals surface area contributed by atoms with Crippen LogP contribution >= 0.6 is 0 Å². The minimum atomic E-state index is -0.0435. The van der Waals surface area contributed by atoms with Gasteiger partial charge >= 0.3 is 0 Å². The van der Waals surface area contributed by atoms with E-state index in [1.165, 1.54) is 13.0 Å². The van der Waals surface area contributed by atoms with Crippen LogP contribution in [0.25, 0.3) is 0 Å². The van der Waals surface area contributed by atoms with Crippen molar-refractivity contribution in [2.24, 2.45) is 0 Å². The third-order valence-electron chi connectivity index (χ3n) is 3.52. The lowest BCUT2D eigenvalue weighted by atomic mass is 10.2. The zero-order chi connectivity index (χ0) is 14.8. The molecule has 1 aliphatic heterocycles. The Bertz CT molecular complexity index is 351. The summed E-state index contributed by atoms with van der Waals surface area (Å²) in [5.41, 5.74) is 0.648. The Morgan fingerprint density at radius 3 is 2.55 bits per heavy atom. The fourth-order valence-electron chi connectivity index (χ4n) is 2.35. The highest BCUT2D eigenvalue weighted by atomic mass is 16.1. The third kappa shape index (κ3) is 6.23. The van der Waals surface area contributed by atoms with Gasteiger partial charge in [0.2, 0.25) is 5.91 Å². The molecule has 0 unspecified atom stereocenters. The molecule has 0 bridgehead atoms. The van der Waals surface area contributed by atoms with Crippen molar-refractivity contribution < 1.29 is 4.79 Å². The smallest absolute Gasteiger partial charge is 0.247 e. The van der Waals surface area contributed by atoms with E-state index in [2.05, 4.69) is 34.5 Å². The Labute approximate surface area is 123 Å². The number of carbonyl (C=O) groups excluding carboxylic acids is 1. The average molecular weight is 277 g/mol. The number of carbonyl (C=O) groups is 1. The molecule has 0 saturated carbocycles. The predicted octanol–water partition coefficient (Wildman–Crippen LogP) is 1.10. The first kappa shape index (κ1) is 16.7. The maximum atomic E-state index is 11.8. The van der Waals surface area contributed by atoms with Crippen LogP contribution in [0, 0.1) is 12.3 Å². The Morgan fingerprint density at radius 2 is 1.95 bits per heavy atom. The van der Waals surface area contributed by atoms with Gasteiger partial charge in [-0.3, -0.25) is 9.69 Å². The molecule has 0 aromatic carbocycles. The molecule has 0 radical (unpaired) electrons. The molecule has 0 aromatic heterocycles. The fourth-order valence-corrected chi connectivity index (χ4v) is 2.35. The van der Waals surface area contributed by atoms with Gasteiger partial charge in [-0.25, -0.2) is 0 Å². The summed E-state index contributed by atoms with van der Waals surface area (Å²) in [5.74, 6) is 2.52. The van der Waals surface area contributed by atoms with Crippen molar-refractivity contribution in [2.45, 2.75) is 26.2 Å². The average Bonchev–Trinajstić information content (AvgIpc) is 2.45. The molecule has 1 aliphatic rings. The Balaban J connectivity index is 2.19. The van der Waals surface area contributed by atoms with Gasteiger partial charge in [-0.1, -0.05) is 13.5 Å². The maximum Gasteiger partial charge on any atom is 0.247 e. The molecule has 4 heteroatoms. The van der Waals surface area contributed by atoms with Gasteiger partial charge in [0.1, 0.15) is 0 Å². The summed E-state index contributed by atoms with van der Waals surface area (Å²) >= 11 is 0. The second-order valence-corrected chi connectivity index (χ2v) is 5.28. The molecule has 0 aromatic rings. The zero-order valence-corrected chi connectivity index (χ0v) is 12.7. The number of unbranched alkanes of at least 4 members (excludes halogenated alkanes) is 1. The van der Waals surface area contributed by atoms with Gasteiger partial charge in [-0.2, -0.15) is 0 Å². The standard InChI is InChI=1S/C16H27N3O/c1-4-6-7-8-17-16(20)15(3)14-19-12-10-18(9-5-2)11-13-19/h1H,3,5-14H2,2H3,(H,17,20). The Morgan fingerprint density at radius 1 is 1.30 bits per heavy atom. The Hall–Kier alpha value is -1.31. The number of terminal acetylenes is 1. The lowest BCUT2D eigenvalue weighted by Gasteiger charge is -2.34. The minimum absolute atomic E-state index is 0.0435. The topological polar surface area (TPSA) is 35.6 Å². The van der Waals surface area contributed by atoms with Crippen molar-refractivity contribution in [3.05, 3.63) is 12.2 Å². The molecule has 1 fully saturated rings. The van der Waals surface area contributed by atoms with Gasteiger partial charge in [-0.15, -0.1) is 12.3 Å². The number of rotatable bonds is 8. The van der Waals surface area contributed by atoms with Crippen molar-refractivity contribution in [1.29, 1.82) is 0 Å². The zero-order valence-electron chi connectivity index (χ0n) is 12.7. The van der Waals surface area contributed by atoms with Gasteiger partial charge in [0.15, 0.2) is 0 Å². The van der Waals surface area contributed by atoms with Crippen molar-refractivity contribution in [3.8, 4) is 12.3 Å². The van der Waals surface area contributed by atoms with Crippen LogP contribution in [0.4, 0.5) is 0 Å². The van der Waals surface area contributed by atoms with Gasteiger partial charge in [0.25, 0.3) is 0 Å². The monoisotopic (exact) mass is 277 g/mol. The van der Waals surface area contributed by atoms with Crippen LogP contribution < -0.4 is 5.32 Å². The summed E-state index contributed by atoms with van der Waals surface area (Å²) in [6, 6.07) is 0. The van der Waals surface area contributed by atoms with Crippen LogP contribution in [0.3, 0.4) is 0 Å². The van der Waals surface area contributed by atoms with Crippen LogP contribution in [-0.4, -0.2) is 61.5 Å². The predicted molar refractivity (Wildman–Crippen MR) is 83.4 cm³/mol. The van der Waals surface area contributed by atoms with E-state index >= 15 is 0 Å². The van der Waals surface area contributed by atoms with Gasteiger partial charge in [0.05, 0.1) is 0 Å². The highest BCUT2D eigenvalue weighted by Gasteiger charge is 2.18. The molecule has 20 heavy (non-hydrogen) atoms. The molecule has 1 amide bonds. The van der Waals surface area contributed by atoms with E-state index in [-0.39, 0.29) is 5.91 Å². The van der Waals surface area contributed by atoms with E-state index in [1.807, 2.05) is 0 Å². The van der Waals surface area contributed by atoms with E-state index in [1.54, 1.807) is 0 Å². The number of nitrogens with zero attached hydrogens (tertiary/aromatic N) is 2. The van der Waals surface area contributed by atoms with E-state index < -0.39 is 0 Å². The molecule has 0 aliphatic carbocycles. The van der Waals surface area contributed by atoms with Gasteiger partial charge in [0, 0.05) is 51.3 Å². The number of hydrogen-bond acceptors (Lipinski definition) is 3. The SMILES string of the molecule is C#CCCCNC(=O)C(=C)CN1CCN(CCC)CC1. The van der Waals surface area contributed by atoms with Crippen molar-refractivity contribution in [1.82, 2.24) is 15.1 Å². The number of amides is 1. The highest BCUT2D eigenvalue weighted by Crippen LogP contribution is 2.05. The van der Waals surface area contributed by atoms with Crippen molar-refractivity contribution in [2.75, 3.05) is 45.8 Å². The molecule has 1 rings (SSSR count). The second kappa shape index (κ2) is 9.57. The molecule has 0 atom stereocenters. The molecule has 4 nitrogen and oxygen atoms in total. The first-order valence-corrected chi connectivity index (χ1v) is 7.51. The van der Waals surface area contributed by atoms with E-state index in [0.29, 0.717) is 25.1 Å². The molecule has 1 heterocycles. The lowest BCUT2D eigenvalue weighted by Crippen LogP contribution is -2.47. The first-order valence-electron chi connectivity index (χ1n) is 7.51. The van der Waals surface area contributed by atoms with E-state index in [9.17, 15) is 4.79 Å². The molecular formula is C16H27N3O. The molecule has 1 N–H and O–H groups in total. The highest BCUT2D eigenvalue weighted by molar-refractivity contribution is 5.93. The number of hydrogen-bond donors (Lipinski definition) is 1. The summed E-state index contributed by atoms with van der Waals surface area (Å²) in [5, 5.41) is 2.86. The van der Waals surface area contributed by atoms with Gasteiger partial charge < -0.3 is 10.2 Å². The summed E-state index contributed by atoms with van der Waals surface area (Å²) in [7, 11) is 0. The number of piperazine rings is 1. The summed E-state index contributed by atoms with van der Waals surface area (Å²) < 4.78 is 0. The fraction of sp³-hybridized carbons (Fsp3) is 0.688. The van der Waals surface area contributed by atoms with Crippen LogP contribution in [0.5, 0.6) is 0 Å². The second-order valence-electron chi connectivity index (χ2n) is 5.28. The van der Waals surface area contributed by atoms with E-state index in [4.69, 9.17) is 6.42 Å².